The summed E-state index contributed by atoms with van der Waals surface area (Å²) in [6.45, 7) is 0. The summed E-state index contributed by atoms with van der Waals surface area (Å²) in [6, 6.07) is 7.01. The topological polar surface area (TPSA) is 46.9 Å². The van der Waals surface area contributed by atoms with Crippen molar-refractivity contribution in [2.45, 2.75) is 31.7 Å². The van der Waals surface area contributed by atoms with E-state index in [9.17, 15) is 4.79 Å². The van der Waals surface area contributed by atoms with Crippen molar-refractivity contribution in [2.75, 3.05) is 5.32 Å². The molecule has 21 heavy (non-hydrogen) atoms. The number of halogens is 2. The summed E-state index contributed by atoms with van der Waals surface area (Å²) in [7, 11) is 0. The van der Waals surface area contributed by atoms with E-state index in [4.69, 9.17) is 23.2 Å². The van der Waals surface area contributed by atoms with Gasteiger partial charge in [-0.05, 0) is 31.0 Å². The van der Waals surface area contributed by atoms with E-state index >= 15 is 0 Å². The van der Waals surface area contributed by atoms with Crippen molar-refractivity contribution in [3.63, 3.8) is 0 Å². The molecule has 4 nitrogen and oxygen atoms in total. The maximum atomic E-state index is 12.3. The van der Waals surface area contributed by atoms with Gasteiger partial charge in [-0.15, -0.1) is 0 Å². The molecule has 1 fully saturated rings. The average Bonchev–Trinajstić information content (AvgIpc) is 3.08. The minimum Gasteiger partial charge on any atom is -0.307 e. The molecule has 2 aromatic rings. The molecule has 0 saturated heterocycles. The number of rotatable bonds is 3. The summed E-state index contributed by atoms with van der Waals surface area (Å²) in [5.74, 6) is 0.453. The lowest BCUT2D eigenvalue weighted by Crippen LogP contribution is -2.18. The molecule has 1 saturated carbocycles. The molecular weight excluding hydrogens is 309 g/mol. The molecule has 110 valence electrons. The maximum Gasteiger partial charge on any atom is 0.258 e. The Morgan fingerprint density at radius 1 is 1.24 bits per heavy atom. The Morgan fingerprint density at radius 3 is 2.71 bits per heavy atom. The highest BCUT2D eigenvalue weighted by Crippen LogP contribution is 2.31. The van der Waals surface area contributed by atoms with Crippen molar-refractivity contribution in [1.29, 1.82) is 0 Å². The van der Waals surface area contributed by atoms with E-state index in [2.05, 4.69) is 10.4 Å². The number of hydrogen-bond donors (Lipinski definition) is 1. The number of benzene rings is 1. The second-order valence-corrected chi connectivity index (χ2v) is 6.02. The Labute approximate surface area is 133 Å². The number of anilines is 1. The van der Waals surface area contributed by atoms with Gasteiger partial charge in [-0.25, -0.2) is 4.68 Å². The lowest BCUT2D eigenvalue weighted by Gasteiger charge is -2.15. The molecule has 0 spiro atoms. The lowest BCUT2D eigenvalue weighted by molar-refractivity contribution is 0.102. The number of amides is 1. The molecule has 1 aromatic heterocycles. The van der Waals surface area contributed by atoms with Gasteiger partial charge in [0.15, 0.2) is 0 Å². The first kappa shape index (κ1) is 14.4. The second-order valence-electron chi connectivity index (χ2n) is 5.18. The molecule has 0 unspecified atom stereocenters. The van der Waals surface area contributed by atoms with Crippen LogP contribution in [0.1, 0.15) is 42.1 Å². The molecule has 1 N–H and O–H groups in total. The van der Waals surface area contributed by atoms with E-state index in [0.717, 1.165) is 12.8 Å². The van der Waals surface area contributed by atoms with Gasteiger partial charge in [0.1, 0.15) is 5.82 Å². The summed E-state index contributed by atoms with van der Waals surface area (Å²) in [4.78, 5) is 12.3. The number of nitrogens with one attached hydrogen (secondary N) is 1. The third-order valence-electron chi connectivity index (χ3n) is 3.76. The molecule has 1 amide bonds. The molecule has 1 aromatic carbocycles. The van der Waals surface area contributed by atoms with Gasteiger partial charge >= 0.3 is 0 Å². The van der Waals surface area contributed by atoms with Crippen molar-refractivity contribution in [2.24, 2.45) is 0 Å². The fraction of sp³-hybridized carbons (Fsp3) is 0.333. The highest BCUT2D eigenvalue weighted by Gasteiger charge is 2.21. The zero-order chi connectivity index (χ0) is 14.8. The van der Waals surface area contributed by atoms with Gasteiger partial charge < -0.3 is 5.32 Å². The van der Waals surface area contributed by atoms with Crippen LogP contribution in [0.25, 0.3) is 0 Å². The molecule has 3 rings (SSSR count). The standard InChI is InChI=1S/C15H15Cl2N3O/c16-10-5-6-12(13(17)9-10)15(21)19-14-7-8-18-20(14)11-3-1-2-4-11/h5-9,11H,1-4H2,(H,19,21). The molecule has 1 heterocycles. The van der Waals surface area contributed by atoms with Crippen LogP contribution >= 0.6 is 23.2 Å². The Hall–Kier alpha value is -1.52. The van der Waals surface area contributed by atoms with Crippen LogP contribution < -0.4 is 5.32 Å². The fourth-order valence-corrected chi connectivity index (χ4v) is 3.20. The van der Waals surface area contributed by atoms with Crippen molar-refractivity contribution < 1.29 is 4.79 Å². The van der Waals surface area contributed by atoms with Crippen LogP contribution in [-0.2, 0) is 0 Å². The number of carbonyl (C=O) groups is 1. The number of aromatic nitrogens is 2. The fourth-order valence-electron chi connectivity index (χ4n) is 2.71. The van der Waals surface area contributed by atoms with Crippen LogP contribution in [0.3, 0.4) is 0 Å². The lowest BCUT2D eigenvalue weighted by atomic mass is 10.2. The minimum absolute atomic E-state index is 0.253. The summed E-state index contributed by atoms with van der Waals surface area (Å²) >= 11 is 11.9. The maximum absolute atomic E-state index is 12.3. The van der Waals surface area contributed by atoms with Crippen molar-refractivity contribution >= 4 is 34.9 Å². The van der Waals surface area contributed by atoms with Crippen LogP contribution in [-0.4, -0.2) is 15.7 Å². The van der Waals surface area contributed by atoms with Gasteiger partial charge in [0.25, 0.3) is 5.91 Å². The highest BCUT2D eigenvalue weighted by atomic mass is 35.5. The summed E-state index contributed by atoms with van der Waals surface area (Å²) in [5, 5.41) is 8.05. The monoisotopic (exact) mass is 323 g/mol. The van der Waals surface area contributed by atoms with Gasteiger partial charge in [-0.3, -0.25) is 4.79 Å². The first-order chi connectivity index (χ1) is 10.1. The molecule has 0 atom stereocenters. The van der Waals surface area contributed by atoms with Crippen LogP contribution in [0.2, 0.25) is 10.0 Å². The Morgan fingerprint density at radius 2 is 2.00 bits per heavy atom. The summed E-state index contributed by atoms with van der Waals surface area (Å²) in [5.41, 5.74) is 0.403. The SMILES string of the molecule is O=C(Nc1ccnn1C1CCCC1)c1ccc(Cl)cc1Cl. The zero-order valence-corrected chi connectivity index (χ0v) is 12.9. The summed E-state index contributed by atoms with van der Waals surface area (Å²) < 4.78 is 1.90. The highest BCUT2D eigenvalue weighted by molar-refractivity contribution is 6.37. The zero-order valence-electron chi connectivity index (χ0n) is 11.4. The normalized spacial score (nSPS) is 15.3. The van der Waals surface area contributed by atoms with E-state index in [-0.39, 0.29) is 5.91 Å². The Kier molecular flexibility index (Phi) is 4.17. The Bertz CT molecular complexity index is 663. The van der Waals surface area contributed by atoms with Crippen LogP contribution in [0, 0.1) is 0 Å². The van der Waals surface area contributed by atoms with Crippen molar-refractivity contribution in [3.8, 4) is 0 Å². The van der Waals surface area contributed by atoms with Gasteiger partial charge in [0, 0.05) is 11.1 Å². The summed E-state index contributed by atoms with van der Waals surface area (Å²) in [6.07, 6.45) is 6.33. The van der Waals surface area contributed by atoms with Gasteiger partial charge in [0.05, 0.1) is 22.8 Å². The quantitative estimate of drug-likeness (QED) is 0.900. The molecule has 1 aliphatic rings. The molecular formula is C15H15Cl2N3O. The van der Waals surface area contributed by atoms with Crippen LogP contribution in [0.5, 0.6) is 0 Å². The number of nitrogens with zero attached hydrogens (tertiary/aromatic N) is 2. The second kappa shape index (κ2) is 6.08. The van der Waals surface area contributed by atoms with E-state index in [0.29, 0.717) is 27.5 Å². The molecule has 0 bridgehead atoms. The van der Waals surface area contributed by atoms with Gasteiger partial charge in [0.2, 0.25) is 0 Å². The smallest absolute Gasteiger partial charge is 0.258 e. The minimum atomic E-state index is -0.253. The van der Waals surface area contributed by atoms with Crippen LogP contribution in [0.4, 0.5) is 5.82 Å². The number of hydrogen-bond acceptors (Lipinski definition) is 2. The molecule has 1 aliphatic carbocycles. The van der Waals surface area contributed by atoms with Crippen LogP contribution in [0.15, 0.2) is 30.5 Å². The first-order valence-corrected chi connectivity index (χ1v) is 7.70. The van der Waals surface area contributed by atoms with Gasteiger partial charge in [-0.2, -0.15) is 5.10 Å². The van der Waals surface area contributed by atoms with E-state index in [1.165, 1.54) is 12.8 Å². The largest absolute Gasteiger partial charge is 0.307 e. The molecule has 0 aliphatic heterocycles. The van der Waals surface area contributed by atoms with E-state index in [1.807, 2.05) is 4.68 Å². The van der Waals surface area contributed by atoms with E-state index < -0.39 is 0 Å². The first-order valence-electron chi connectivity index (χ1n) is 6.95. The third-order valence-corrected chi connectivity index (χ3v) is 4.31. The van der Waals surface area contributed by atoms with E-state index in [1.54, 1.807) is 30.5 Å². The van der Waals surface area contributed by atoms with Gasteiger partial charge in [-0.1, -0.05) is 36.0 Å². The predicted molar refractivity (Wildman–Crippen MR) is 84.1 cm³/mol. The van der Waals surface area contributed by atoms with Crippen molar-refractivity contribution in [3.05, 3.63) is 46.1 Å². The predicted octanol–water partition coefficient (Wildman–Crippen LogP) is 4.56. The van der Waals surface area contributed by atoms with Crippen molar-refractivity contribution in [1.82, 2.24) is 9.78 Å². The Balaban J connectivity index is 1.80. The molecule has 6 heteroatoms. The average molecular weight is 324 g/mol. The molecule has 0 radical (unpaired) electrons. The third kappa shape index (κ3) is 3.06. The number of carbonyl (C=O) groups excluding carboxylic acids is 1.